The quantitative estimate of drug-likeness (QED) is 0.797. The van der Waals surface area contributed by atoms with Gasteiger partial charge < -0.3 is 9.64 Å². The number of hydrogen-bond acceptors (Lipinski definition) is 5. The van der Waals surface area contributed by atoms with Crippen molar-refractivity contribution in [3.8, 4) is 0 Å². The molecular formula is C17H24N4O2S. The maximum Gasteiger partial charge on any atom is 0.248 e. The SMILES string of the molecule is CN(C)C(=O)COCC1CN(Cc2ccsc2)Cc2ccnn2C1. The van der Waals surface area contributed by atoms with Crippen LogP contribution in [0, 0.1) is 5.92 Å². The lowest BCUT2D eigenvalue weighted by atomic mass is 10.1. The maximum atomic E-state index is 11.7. The summed E-state index contributed by atoms with van der Waals surface area (Å²) in [6.45, 7) is 4.30. The number of thiophene rings is 1. The Morgan fingerprint density at radius 3 is 3.04 bits per heavy atom. The molecule has 0 fully saturated rings. The molecule has 1 aliphatic heterocycles. The first-order valence-electron chi connectivity index (χ1n) is 8.14. The van der Waals surface area contributed by atoms with Crippen molar-refractivity contribution in [1.29, 1.82) is 0 Å². The topological polar surface area (TPSA) is 50.6 Å². The van der Waals surface area contributed by atoms with Crippen molar-refractivity contribution in [2.75, 3.05) is 33.9 Å². The van der Waals surface area contributed by atoms with Crippen LogP contribution < -0.4 is 0 Å². The molecule has 2 aromatic heterocycles. The summed E-state index contributed by atoms with van der Waals surface area (Å²) in [7, 11) is 3.49. The van der Waals surface area contributed by atoms with Gasteiger partial charge in [-0.25, -0.2) is 0 Å². The van der Waals surface area contributed by atoms with Crippen molar-refractivity contribution in [3.05, 3.63) is 40.3 Å². The van der Waals surface area contributed by atoms with Gasteiger partial charge in [-0.2, -0.15) is 16.4 Å². The summed E-state index contributed by atoms with van der Waals surface area (Å²) < 4.78 is 7.73. The molecule has 3 heterocycles. The molecule has 130 valence electrons. The molecular weight excluding hydrogens is 324 g/mol. The second-order valence-electron chi connectivity index (χ2n) is 6.48. The zero-order valence-corrected chi connectivity index (χ0v) is 15.0. The van der Waals surface area contributed by atoms with Gasteiger partial charge in [0.05, 0.1) is 12.3 Å². The van der Waals surface area contributed by atoms with Gasteiger partial charge in [0.2, 0.25) is 5.91 Å². The van der Waals surface area contributed by atoms with Gasteiger partial charge in [0.25, 0.3) is 0 Å². The van der Waals surface area contributed by atoms with Crippen LogP contribution in [0.2, 0.25) is 0 Å². The molecule has 24 heavy (non-hydrogen) atoms. The minimum atomic E-state index is -0.00136. The monoisotopic (exact) mass is 348 g/mol. The Hall–Kier alpha value is -1.70. The second-order valence-corrected chi connectivity index (χ2v) is 7.26. The Bertz CT molecular complexity index is 653. The maximum absolute atomic E-state index is 11.7. The van der Waals surface area contributed by atoms with Crippen LogP contribution >= 0.6 is 11.3 Å². The third-order valence-corrected chi connectivity index (χ3v) is 4.93. The van der Waals surface area contributed by atoms with E-state index in [1.807, 2.05) is 6.20 Å². The summed E-state index contributed by atoms with van der Waals surface area (Å²) in [5.74, 6) is 0.318. The largest absolute Gasteiger partial charge is 0.371 e. The lowest BCUT2D eigenvalue weighted by Gasteiger charge is -2.23. The van der Waals surface area contributed by atoms with Gasteiger partial charge in [-0.05, 0) is 28.5 Å². The highest BCUT2D eigenvalue weighted by Crippen LogP contribution is 2.19. The summed E-state index contributed by atoms with van der Waals surface area (Å²) in [4.78, 5) is 15.7. The van der Waals surface area contributed by atoms with Crippen LogP contribution in [0.15, 0.2) is 29.1 Å². The molecule has 0 aromatic carbocycles. The molecule has 1 atom stereocenters. The molecule has 0 saturated heterocycles. The molecule has 7 heteroatoms. The lowest BCUT2D eigenvalue weighted by molar-refractivity contribution is -0.134. The smallest absolute Gasteiger partial charge is 0.248 e. The van der Waals surface area contributed by atoms with E-state index in [9.17, 15) is 4.79 Å². The molecule has 2 aromatic rings. The highest BCUT2D eigenvalue weighted by atomic mass is 32.1. The van der Waals surface area contributed by atoms with Gasteiger partial charge in [0.15, 0.2) is 0 Å². The van der Waals surface area contributed by atoms with Crippen molar-refractivity contribution >= 4 is 17.2 Å². The predicted molar refractivity (Wildman–Crippen MR) is 93.7 cm³/mol. The lowest BCUT2D eigenvalue weighted by Crippen LogP contribution is -2.32. The molecule has 1 unspecified atom stereocenters. The van der Waals surface area contributed by atoms with E-state index in [1.165, 1.54) is 11.3 Å². The van der Waals surface area contributed by atoms with Crippen LogP contribution in [-0.2, 0) is 29.2 Å². The third kappa shape index (κ3) is 4.43. The van der Waals surface area contributed by atoms with E-state index in [0.29, 0.717) is 12.5 Å². The Morgan fingerprint density at radius 2 is 2.29 bits per heavy atom. The van der Waals surface area contributed by atoms with E-state index in [0.717, 1.165) is 26.2 Å². The number of likely N-dealkylation sites (N-methyl/N-ethyl adjacent to an activating group) is 1. The predicted octanol–water partition coefficient (Wildman–Crippen LogP) is 1.68. The van der Waals surface area contributed by atoms with E-state index < -0.39 is 0 Å². The Balaban J connectivity index is 1.62. The molecule has 0 saturated carbocycles. The summed E-state index contributed by atoms with van der Waals surface area (Å²) in [5.41, 5.74) is 2.58. The minimum Gasteiger partial charge on any atom is -0.371 e. The summed E-state index contributed by atoms with van der Waals surface area (Å²) in [6.07, 6.45) is 1.86. The number of nitrogens with zero attached hydrogens (tertiary/aromatic N) is 4. The van der Waals surface area contributed by atoms with Gasteiger partial charge >= 0.3 is 0 Å². The first-order chi connectivity index (χ1) is 11.6. The number of hydrogen-bond donors (Lipinski definition) is 0. The Kier molecular flexibility index (Phi) is 5.65. The standard InChI is InChI=1S/C17H24N4O2S/c1-19(2)17(22)12-23-11-15-8-20(7-14-4-6-24-13-14)10-16-3-5-18-21(16)9-15/h3-6,13,15H,7-12H2,1-2H3. The summed E-state index contributed by atoms with van der Waals surface area (Å²) in [6, 6.07) is 4.26. The van der Waals surface area contributed by atoms with Crippen molar-refractivity contribution in [2.24, 2.45) is 5.92 Å². The average Bonchev–Trinajstić information content (AvgIpc) is 3.16. The highest BCUT2D eigenvalue weighted by molar-refractivity contribution is 7.07. The zero-order valence-electron chi connectivity index (χ0n) is 14.2. The van der Waals surface area contributed by atoms with Crippen LogP contribution in [0.4, 0.5) is 0 Å². The number of fused-ring (bicyclic) bond motifs is 1. The van der Waals surface area contributed by atoms with Crippen LogP contribution in [0.25, 0.3) is 0 Å². The van der Waals surface area contributed by atoms with Crippen LogP contribution in [0.1, 0.15) is 11.3 Å². The summed E-state index contributed by atoms with van der Waals surface area (Å²) in [5, 5.41) is 8.75. The summed E-state index contributed by atoms with van der Waals surface area (Å²) >= 11 is 1.73. The fourth-order valence-electron chi connectivity index (χ4n) is 2.93. The van der Waals surface area contributed by atoms with E-state index in [-0.39, 0.29) is 12.5 Å². The molecule has 0 N–H and O–H groups in total. The van der Waals surface area contributed by atoms with E-state index in [1.54, 1.807) is 30.3 Å². The molecule has 1 amide bonds. The minimum absolute atomic E-state index is 0.00136. The van der Waals surface area contributed by atoms with Crippen molar-refractivity contribution in [3.63, 3.8) is 0 Å². The molecule has 1 aliphatic rings. The van der Waals surface area contributed by atoms with Crippen molar-refractivity contribution in [1.82, 2.24) is 19.6 Å². The number of carbonyl (C=O) groups is 1. The van der Waals surface area contributed by atoms with Crippen molar-refractivity contribution in [2.45, 2.75) is 19.6 Å². The fourth-order valence-corrected chi connectivity index (χ4v) is 3.59. The molecule has 6 nitrogen and oxygen atoms in total. The number of aromatic nitrogens is 2. The Morgan fingerprint density at radius 1 is 1.42 bits per heavy atom. The third-order valence-electron chi connectivity index (χ3n) is 4.20. The van der Waals surface area contributed by atoms with Gasteiger partial charge in [-0.1, -0.05) is 0 Å². The van der Waals surface area contributed by atoms with Gasteiger partial charge in [0, 0.05) is 52.4 Å². The number of rotatable bonds is 6. The zero-order chi connectivity index (χ0) is 16.9. The first-order valence-corrected chi connectivity index (χ1v) is 9.08. The number of ether oxygens (including phenoxy) is 1. The molecule has 0 spiro atoms. The number of amides is 1. The fraction of sp³-hybridized carbons (Fsp3) is 0.529. The van der Waals surface area contributed by atoms with Crippen LogP contribution in [0.5, 0.6) is 0 Å². The molecule has 0 aliphatic carbocycles. The van der Waals surface area contributed by atoms with E-state index in [4.69, 9.17) is 4.74 Å². The van der Waals surface area contributed by atoms with Crippen LogP contribution in [-0.4, -0.2) is 59.3 Å². The molecule has 3 rings (SSSR count). The highest BCUT2D eigenvalue weighted by Gasteiger charge is 2.23. The average molecular weight is 348 g/mol. The Labute approximate surface area is 146 Å². The van der Waals surface area contributed by atoms with Gasteiger partial charge in [-0.3, -0.25) is 14.4 Å². The first kappa shape index (κ1) is 17.1. The number of carbonyl (C=O) groups excluding carboxylic acids is 1. The molecule has 0 radical (unpaired) electrons. The van der Waals surface area contributed by atoms with Crippen LogP contribution in [0.3, 0.4) is 0 Å². The van der Waals surface area contributed by atoms with Crippen molar-refractivity contribution < 1.29 is 9.53 Å². The van der Waals surface area contributed by atoms with Gasteiger partial charge in [-0.15, -0.1) is 0 Å². The van der Waals surface area contributed by atoms with Gasteiger partial charge in [0.1, 0.15) is 6.61 Å². The normalized spacial score (nSPS) is 18.2. The molecule has 0 bridgehead atoms. The van der Waals surface area contributed by atoms with E-state index >= 15 is 0 Å². The van der Waals surface area contributed by atoms with E-state index in [2.05, 4.69) is 37.6 Å². The second kappa shape index (κ2) is 7.92.